The van der Waals surface area contributed by atoms with E-state index in [9.17, 15) is 19.9 Å². The van der Waals surface area contributed by atoms with Crippen molar-refractivity contribution in [1.29, 1.82) is 0 Å². The third-order valence-electron chi connectivity index (χ3n) is 5.93. The van der Waals surface area contributed by atoms with Crippen LogP contribution in [0.3, 0.4) is 0 Å². The maximum atomic E-state index is 13.2. The number of pyridine rings is 1. The highest BCUT2D eigenvalue weighted by atomic mass is 16.5. The lowest BCUT2D eigenvalue weighted by molar-refractivity contribution is 0.0697. The molecule has 1 aliphatic heterocycles. The van der Waals surface area contributed by atoms with Gasteiger partial charge in [0.1, 0.15) is 5.69 Å². The lowest BCUT2D eigenvalue weighted by Crippen LogP contribution is -2.23. The third kappa shape index (κ3) is 4.05. The first-order valence-electron chi connectivity index (χ1n) is 11.4. The van der Waals surface area contributed by atoms with Gasteiger partial charge in [-0.2, -0.15) is 9.83 Å². The number of carbonyl (C=O) groups is 1. The summed E-state index contributed by atoms with van der Waals surface area (Å²) >= 11 is 0. The number of nitrogens with zero attached hydrogens (tertiary/aromatic N) is 4. The normalized spacial score (nSPS) is 11.6. The van der Waals surface area contributed by atoms with Crippen LogP contribution in [0, 0.1) is 0 Å². The van der Waals surface area contributed by atoms with E-state index < -0.39 is 11.5 Å². The standard InChI is InChI=1S/C28H22N4O4/c1-2-31-27(33)24(29-22-14-7-15-25-20(22)13-8-16-32(25)36)17-23(30-31)26-19(18-9-4-3-5-10-18)11-6-12-21(26)28(34)35/h3-17,36H,2H2,1H3,(H,34,35). The van der Waals surface area contributed by atoms with E-state index in [0.717, 1.165) is 10.3 Å². The second kappa shape index (κ2) is 9.34. The molecule has 0 atom stereocenters. The Hall–Kier alpha value is -4.98. The van der Waals surface area contributed by atoms with E-state index in [1.54, 1.807) is 43.3 Å². The Morgan fingerprint density at radius 3 is 2.44 bits per heavy atom. The molecule has 1 aromatic heterocycles. The number of hydrogen-bond donors (Lipinski definition) is 2. The van der Waals surface area contributed by atoms with Gasteiger partial charge in [-0.05, 0) is 54.4 Å². The van der Waals surface area contributed by atoms with Gasteiger partial charge >= 0.3 is 5.97 Å². The molecule has 0 saturated heterocycles. The molecule has 2 heterocycles. The van der Waals surface area contributed by atoms with Crippen LogP contribution in [0.2, 0.25) is 0 Å². The highest BCUT2D eigenvalue weighted by molar-refractivity contribution is 6.00. The molecule has 0 radical (unpaired) electrons. The molecular weight excluding hydrogens is 456 g/mol. The summed E-state index contributed by atoms with van der Waals surface area (Å²) in [7, 11) is 0. The second-order valence-corrected chi connectivity index (χ2v) is 8.11. The summed E-state index contributed by atoms with van der Waals surface area (Å²) in [4.78, 5) is 30.0. The smallest absolute Gasteiger partial charge is 0.336 e. The van der Waals surface area contributed by atoms with E-state index in [0.29, 0.717) is 33.4 Å². The first-order chi connectivity index (χ1) is 17.5. The Kier molecular flexibility index (Phi) is 5.92. The van der Waals surface area contributed by atoms with Crippen molar-refractivity contribution in [2.24, 2.45) is 4.99 Å². The number of hydrogen-bond acceptors (Lipinski definition) is 5. The molecule has 8 heteroatoms. The Morgan fingerprint density at radius 2 is 1.69 bits per heavy atom. The van der Waals surface area contributed by atoms with Crippen LogP contribution < -0.4 is 10.9 Å². The fourth-order valence-electron chi connectivity index (χ4n) is 4.25. The molecule has 8 nitrogen and oxygen atoms in total. The minimum absolute atomic E-state index is 0.0718. The number of aromatic nitrogens is 3. The van der Waals surface area contributed by atoms with Gasteiger partial charge < -0.3 is 10.3 Å². The van der Waals surface area contributed by atoms with Crippen LogP contribution in [0.25, 0.3) is 33.6 Å². The van der Waals surface area contributed by atoms with E-state index in [4.69, 9.17) is 0 Å². The largest absolute Gasteiger partial charge is 0.478 e. The number of aryl methyl sites for hydroxylation is 1. The van der Waals surface area contributed by atoms with Crippen molar-refractivity contribution in [1.82, 2.24) is 14.5 Å². The molecule has 1 aliphatic carbocycles. The van der Waals surface area contributed by atoms with Crippen LogP contribution in [-0.2, 0) is 6.54 Å². The maximum absolute atomic E-state index is 13.2. The molecule has 0 amide bonds. The molecule has 0 spiro atoms. The van der Waals surface area contributed by atoms with Crippen molar-refractivity contribution in [2.45, 2.75) is 13.5 Å². The SMILES string of the molecule is CCn1nc(-c2c(C(=O)O)cccc2-c2ccccc2)cc(N=c2cccc3n(O)cccc2-3)c1=O. The second-order valence-electron chi connectivity index (χ2n) is 8.11. The van der Waals surface area contributed by atoms with Gasteiger partial charge in [0.2, 0.25) is 0 Å². The van der Waals surface area contributed by atoms with Crippen LogP contribution in [0.4, 0.5) is 5.69 Å². The summed E-state index contributed by atoms with van der Waals surface area (Å²) in [6.07, 6.45) is 1.51. The molecule has 0 fully saturated rings. The topological polar surface area (TPSA) is 110 Å². The Morgan fingerprint density at radius 1 is 0.944 bits per heavy atom. The quantitative estimate of drug-likeness (QED) is 0.357. The van der Waals surface area contributed by atoms with E-state index in [1.165, 1.54) is 23.0 Å². The Bertz CT molecular complexity index is 1690. The van der Waals surface area contributed by atoms with E-state index in [-0.39, 0.29) is 17.8 Å². The van der Waals surface area contributed by atoms with Gasteiger partial charge in [-0.15, -0.1) is 0 Å². The fraction of sp³-hybridized carbons (Fsp3) is 0.0714. The van der Waals surface area contributed by atoms with Crippen LogP contribution in [-0.4, -0.2) is 30.8 Å². The van der Waals surface area contributed by atoms with Gasteiger partial charge in [-0.1, -0.05) is 48.5 Å². The first kappa shape index (κ1) is 22.8. The minimum Gasteiger partial charge on any atom is -0.478 e. The summed E-state index contributed by atoms with van der Waals surface area (Å²) in [5.41, 5.74) is 3.20. The van der Waals surface area contributed by atoms with Crippen LogP contribution in [0.15, 0.2) is 101 Å². The van der Waals surface area contributed by atoms with Gasteiger partial charge in [0, 0.05) is 23.9 Å². The third-order valence-corrected chi connectivity index (χ3v) is 5.93. The Labute approximate surface area is 206 Å². The van der Waals surface area contributed by atoms with Gasteiger partial charge in [0.25, 0.3) is 5.56 Å². The fourth-order valence-corrected chi connectivity index (χ4v) is 4.25. The molecule has 178 valence electrons. The predicted molar refractivity (Wildman–Crippen MR) is 135 cm³/mol. The van der Waals surface area contributed by atoms with Gasteiger partial charge in [0.05, 0.1) is 22.3 Å². The Balaban J connectivity index is 1.81. The zero-order chi connectivity index (χ0) is 25.2. The van der Waals surface area contributed by atoms with Gasteiger partial charge in [0.15, 0.2) is 0 Å². The highest BCUT2D eigenvalue weighted by Gasteiger charge is 2.20. The van der Waals surface area contributed by atoms with Crippen molar-refractivity contribution in [2.75, 3.05) is 0 Å². The highest BCUT2D eigenvalue weighted by Crippen LogP contribution is 2.34. The molecule has 3 aromatic rings. The number of carboxylic acids is 1. The molecule has 0 saturated carbocycles. The number of aromatic carboxylic acids is 1. The summed E-state index contributed by atoms with van der Waals surface area (Å²) in [6, 6.07) is 24.7. The number of rotatable bonds is 5. The van der Waals surface area contributed by atoms with Crippen molar-refractivity contribution >= 4 is 11.7 Å². The molecular formula is C28H22N4O4. The maximum Gasteiger partial charge on any atom is 0.336 e. The first-order valence-corrected chi connectivity index (χ1v) is 11.4. The zero-order valence-corrected chi connectivity index (χ0v) is 19.4. The number of carboxylic acid groups (broad SMARTS) is 1. The zero-order valence-electron chi connectivity index (χ0n) is 19.4. The summed E-state index contributed by atoms with van der Waals surface area (Å²) in [6.45, 7) is 2.06. The lowest BCUT2D eigenvalue weighted by atomic mass is 9.93. The molecule has 2 aromatic carbocycles. The van der Waals surface area contributed by atoms with Crippen molar-refractivity contribution in [3.8, 4) is 33.6 Å². The molecule has 5 rings (SSSR count). The predicted octanol–water partition coefficient (Wildman–Crippen LogP) is 4.67. The average Bonchev–Trinajstić information content (AvgIpc) is 2.90. The molecule has 2 N–H and O–H groups in total. The number of benzene rings is 3. The summed E-state index contributed by atoms with van der Waals surface area (Å²) in [5, 5.41) is 25.1. The van der Waals surface area contributed by atoms with Crippen molar-refractivity contribution in [3.05, 3.63) is 112 Å². The number of fused-ring (bicyclic) bond motifs is 1. The molecule has 2 aliphatic rings. The minimum atomic E-state index is -1.10. The molecule has 0 unspecified atom stereocenters. The van der Waals surface area contributed by atoms with Crippen molar-refractivity contribution < 1.29 is 15.1 Å². The monoisotopic (exact) mass is 478 g/mol. The van der Waals surface area contributed by atoms with Crippen LogP contribution in [0.5, 0.6) is 0 Å². The lowest BCUT2D eigenvalue weighted by Gasteiger charge is -2.14. The van der Waals surface area contributed by atoms with Gasteiger partial charge in [-0.25, -0.2) is 14.5 Å². The summed E-state index contributed by atoms with van der Waals surface area (Å²) < 4.78 is 2.27. The van der Waals surface area contributed by atoms with E-state index in [2.05, 4.69) is 10.1 Å². The molecule has 36 heavy (non-hydrogen) atoms. The summed E-state index contributed by atoms with van der Waals surface area (Å²) in [5.74, 6) is -1.10. The van der Waals surface area contributed by atoms with E-state index >= 15 is 0 Å². The van der Waals surface area contributed by atoms with Crippen molar-refractivity contribution in [3.63, 3.8) is 0 Å². The van der Waals surface area contributed by atoms with E-state index in [1.807, 2.05) is 36.4 Å². The van der Waals surface area contributed by atoms with Gasteiger partial charge in [-0.3, -0.25) is 4.79 Å². The van der Waals surface area contributed by atoms with Crippen LogP contribution >= 0.6 is 0 Å². The van der Waals surface area contributed by atoms with Crippen LogP contribution in [0.1, 0.15) is 17.3 Å². The average molecular weight is 479 g/mol. The molecule has 0 bridgehead atoms.